The highest BCUT2D eigenvalue weighted by atomic mass is 32.2. The van der Waals surface area contributed by atoms with Gasteiger partial charge in [0.1, 0.15) is 0 Å². The maximum atomic E-state index is 11.8. The lowest BCUT2D eigenvalue weighted by Gasteiger charge is -2.24. The van der Waals surface area contributed by atoms with Crippen LogP contribution in [0.15, 0.2) is 24.3 Å². The Bertz CT molecular complexity index is 657. The van der Waals surface area contributed by atoms with Crippen molar-refractivity contribution < 1.29 is 8.42 Å². The zero-order chi connectivity index (χ0) is 14.5. The summed E-state index contributed by atoms with van der Waals surface area (Å²) in [6.07, 6.45) is 0. The smallest absolute Gasteiger partial charge is 0.174 e. The van der Waals surface area contributed by atoms with Crippen LogP contribution in [0, 0.1) is 0 Å². The molecule has 0 bridgehead atoms. The Labute approximate surface area is 124 Å². The van der Waals surface area contributed by atoms with Crippen LogP contribution in [0.3, 0.4) is 0 Å². The van der Waals surface area contributed by atoms with Gasteiger partial charge in [0.2, 0.25) is 0 Å². The second-order valence-electron chi connectivity index (χ2n) is 5.48. The molecule has 0 unspecified atom stereocenters. The third kappa shape index (κ3) is 2.25. The van der Waals surface area contributed by atoms with Gasteiger partial charge in [-0.15, -0.1) is 0 Å². The van der Waals surface area contributed by atoms with E-state index in [0.717, 1.165) is 11.4 Å². The Balaban J connectivity index is 1.97. The van der Waals surface area contributed by atoms with Gasteiger partial charge in [0.15, 0.2) is 14.9 Å². The van der Waals surface area contributed by atoms with E-state index in [1.807, 2.05) is 48.2 Å². The SMILES string of the molecule is CN(C)c1cccc(N2C(=S)N[C@H]3CS(=O)(=O)C[C@H]32)c1. The van der Waals surface area contributed by atoms with Crippen LogP contribution >= 0.6 is 12.2 Å². The first kappa shape index (κ1) is 13.6. The van der Waals surface area contributed by atoms with Crippen LogP contribution in [0.1, 0.15) is 0 Å². The van der Waals surface area contributed by atoms with Crippen molar-refractivity contribution in [3.05, 3.63) is 24.3 Å². The van der Waals surface area contributed by atoms with Gasteiger partial charge in [-0.2, -0.15) is 0 Å². The molecule has 0 amide bonds. The number of hydrogen-bond acceptors (Lipinski definition) is 4. The third-order valence-electron chi connectivity index (χ3n) is 3.81. The number of sulfone groups is 1. The summed E-state index contributed by atoms with van der Waals surface area (Å²) in [5, 5.41) is 3.75. The molecule has 108 valence electrons. The summed E-state index contributed by atoms with van der Waals surface area (Å²) in [7, 11) is 0.979. The monoisotopic (exact) mass is 311 g/mol. The predicted octanol–water partition coefficient (Wildman–Crippen LogP) is 0.613. The predicted molar refractivity (Wildman–Crippen MR) is 85.2 cm³/mol. The Morgan fingerprint density at radius 3 is 2.80 bits per heavy atom. The standard InChI is InChI=1S/C13H17N3O2S2/c1-15(2)9-4-3-5-10(6-9)16-12-8-20(17,18)7-11(12)14-13(16)19/h3-6,11-12H,7-8H2,1-2H3,(H,14,19)/t11-,12+/m0/s1. The molecule has 0 spiro atoms. The van der Waals surface area contributed by atoms with Crippen molar-refractivity contribution in [3.8, 4) is 0 Å². The normalized spacial score (nSPS) is 27.3. The molecule has 0 aliphatic carbocycles. The molecule has 1 aromatic rings. The summed E-state index contributed by atoms with van der Waals surface area (Å²) in [6, 6.07) is 7.79. The molecule has 0 aromatic heterocycles. The van der Waals surface area contributed by atoms with E-state index in [-0.39, 0.29) is 23.6 Å². The van der Waals surface area contributed by atoms with E-state index < -0.39 is 9.84 Å². The summed E-state index contributed by atoms with van der Waals surface area (Å²) >= 11 is 5.37. The van der Waals surface area contributed by atoms with E-state index in [2.05, 4.69) is 5.32 Å². The van der Waals surface area contributed by atoms with E-state index in [4.69, 9.17) is 12.2 Å². The number of thiocarbonyl (C=S) groups is 1. The first-order valence-corrected chi connectivity index (χ1v) is 8.68. The molecule has 1 aromatic carbocycles. The zero-order valence-electron chi connectivity index (χ0n) is 11.4. The second-order valence-corrected chi connectivity index (χ2v) is 8.03. The van der Waals surface area contributed by atoms with Crippen LogP contribution in [0.2, 0.25) is 0 Å². The molecule has 5 nitrogen and oxygen atoms in total. The number of nitrogens with zero attached hydrogens (tertiary/aromatic N) is 2. The molecule has 1 N–H and O–H groups in total. The number of fused-ring (bicyclic) bond motifs is 1. The van der Waals surface area contributed by atoms with Gasteiger partial charge in [0.25, 0.3) is 0 Å². The van der Waals surface area contributed by atoms with Crippen LogP contribution in [-0.4, -0.2) is 51.2 Å². The molecule has 2 saturated heterocycles. The Hall–Kier alpha value is -1.34. The summed E-state index contributed by atoms with van der Waals surface area (Å²) in [4.78, 5) is 3.95. The molecular weight excluding hydrogens is 294 g/mol. The number of nitrogens with one attached hydrogen (secondary N) is 1. The highest BCUT2D eigenvalue weighted by Gasteiger charge is 2.47. The van der Waals surface area contributed by atoms with E-state index >= 15 is 0 Å². The van der Waals surface area contributed by atoms with Crippen LogP contribution < -0.4 is 15.1 Å². The summed E-state index contributed by atoms with van der Waals surface area (Å²) in [5.41, 5.74) is 2.01. The van der Waals surface area contributed by atoms with Gasteiger partial charge < -0.3 is 15.1 Å². The maximum Gasteiger partial charge on any atom is 0.174 e. The molecule has 0 radical (unpaired) electrons. The first-order valence-electron chi connectivity index (χ1n) is 6.45. The molecule has 2 aliphatic rings. The highest BCUT2D eigenvalue weighted by molar-refractivity contribution is 7.91. The van der Waals surface area contributed by atoms with Crippen LogP contribution in [-0.2, 0) is 9.84 Å². The average Bonchev–Trinajstić information content (AvgIpc) is 2.79. The molecular formula is C13H17N3O2S2. The molecule has 2 fully saturated rings. The Morgan fingerprint density at radius 1 is 1.35 bits per heavy atom. The second kappa shape index (κ2) is 4.60. The van der Waals surface area contributed by atoms with Gasteiger partial charge in [-0.25, -0.2) is 8.42 Å². The molecule has 2 aliphatic heterocycles. The van der Waals surface area contributed by atoms with E-state index in [1.54, 1.807) is 0 Å². The Morgan fingerprint density at radius 2 is 2.10 bits per heavy atom. The highest BCUT2D eigenvalue weighted by Crippen LogP contribution is 2.31. The maximum absolute atomic E-state index is 11.8. The third-order valence-corrected chi connectivity index (χ3v) is 5.84. The Kier molecular flexibility index (Phi) is 3.13. The van der Waals surface area contributed by atoms with Crippen LogP contribution in [0.4, 0.5) is 11.4 Å². The van der Waals surface area contributed by atoms with Gasteiger partial charge in [-0.1, -0.05) is 6.07 Å². The fourth-order valence-corrected chi connectivity index (χ4v) is 5.11. The van der Waals surface area contributed by atoms with Crippen molar-refractivity contribution >= 4 is 38.5 Å². The van der Waals surface area contributed by atoms with E-state index in [9.17, 15) is 8.42 Å². The number of hydrogen-bond donors (Lipinski definition) is 1. The van der Waals surface area contributed by atoms with Gasteiger partial charge >= 0.3 is 0 Å². The summed E-state index contributed by atoms with van der Waals surface area (Å²) < 4.78 is 23.6. The lowest BCUT2D eigenvalue weighted by Crippen LogP contribution is -2.36. The van der Waals surface area contributed by atoms with Gasteiger partial charge in [0, 0.05) is 25.5 Å². The van der Waals surface area contributed by atoms with Crippen molar-refractivity contribution in [1.29, 1.82) is 0 Å². The quantitative estimate of drug-likeness (QED) is 0.808. The van der Waals surface area contributed by atoms with Crippen LogP contribution in [0.5, 0.6) is 0 Å². The van der Waals surface area contributed by atoms with Crippen molar-refractivity contribution in [2.45, 2.75) is 12.1 Å². The van der Waals surface area contributed by atoms with Crippen molar-refractivity contribution in [2.75, 3.05) is 35.4 Å². The molecule has 7 heteroatoms. The average molecular weight is 311 g/mol. The zero-order valence-corrected chi connectivity index (χ0v) is 13.0. The van der Waals surface area contributed by atoms with Crippen molar-refractivity contribution in [1.82, 2.24) is 5.32 Å². The molecule has 20 heavy (non-hydrogen) atoms. The van der Waals surface area contributed by atoms with Crippen LogP contribution in [0.25, 0.3) is 0 Å². The number of benzene rings is 1. The molecule has 0 saturated carbocycles. The lowest BCUT2D eigenvalue weighted by atomic mass is 10.1. The summed E-state index contributed by atoms with van der Waals surface area (Å²) in [6.45, 7) is 0. The fourth-order valence-electron chi connectivity index (χ4n) is 2.83. The van der Waals surface area contributed by atoms with Crippen molar-refractivity contribution in [3.63, 3.8) is 0 Å². The van der Waals surface area contributed by atoms with Crippen molar-refractivity contribution in [2.24, 2.45) is 0 Å². The minimum atomic E-state index is -2.97. The summed E-state index contributed by atoms with van der Waals surface area (Å²) in [5.74, 6) is 0.332. The van der Waals surface area contributed by atoms with Gasteiger partial charge in [0.05, 0.1) is 23.6 Å². The van der Waals surface area contributed by atoms with E-state index in [1.165, 1.54) is 0 Å². The molecule has 3 rings (SSSR count). The number of rotatable bonds is 2. The van der Waals surface area contributed by atoms with E-state index in [0.29, 0.717) is 5.11 Å². The molecule has 2 heterocycles. The minimum absolute atomic E-state index is 0.0875. The number of anilines is 2. The minimum Gasteiger partial charge on any atom is -0.378 e. The molecule has 2 atom stereocenters. The lowest BCUT2D eigenvalue weighted by molar-refractivity contribution is 0.600. The first-order chi connectivity index (χ1) is 9.37. The fraction of sp³-hybridized carbons (Fsp3) is 0.462. The van der Waals surface area contributed by atoms with Gasteiger partial charge in [-0.05, 0) is 30.4 Å². The van der Waals surface area contributed by atoms with Gasteiger partial charge in [-0.3, -0.25) is 0 Å². The largest absolute Gasteiger partial charge is 0.378 e. The topological polar surface area (TPSA) is 52.6 Å².